The number of nitrogens with zero attached hydrogens (tertiary/aromatic N) is 1. The van der Waals surface area contributed by atoms with Crippen LogP contribution in [0.1, 0.15) is 23.6 Å². The summed E-state index contributed by atoms with van der Waals surface area (Å²) < 4.78 is 13.8. The topological polar surface area (TPSA) is 24.9 Å². The molecule has 1 unspecified atom stereocenters. The molecule has 104 valence electrons. The molecule has 1 heterocycles. The summed E-state index contributed by atoms with van der Waals surface area (Å²) in [5.41, 5.74) is 3.89. The van der Waals surface area contributed by atoms with Crippen LogP contribution in [-0.4, -0.2) is 4.98 Å². The number of rotatable bonds is 2. The molecule has 0 radical (unpaired) electrons. The lowest BCUT2D eigenvalue weighted by Gasteiger charge is -2.16. The minimum absolute atomic E-state index is 0.0900. The van der Waals surface area contributed by atoms with E-state index < -0.39 is 0 Å². The summed E-state index contributed by atoms with van der Waals surface area (Å²) in [6.07, 6.45) is 3.51. The molecule has 2 aromatic carbocycles. The van der Waals surface area contributed by atoms with Crippen molar-refractivity contribution in [3.05, 3.63) is 71.7 Å². The monoisotopic (exact) mass is 278 g/mol. The first-order valence-corrected chi connectivity index (χ1v) is 7.20. The third kappa shape index (κ3) is 2.05. The van der Waals surface area contributed by atoms with Gasteiger partial charge in [0.2, 0.25) is 0 Å². The van der Waals surface area contributed by atoms with E-state index in [0.29, 0.717) is 0 Å². The molecule has 0 saturated carbocycles. The van der Waals surface area contributed by atoms with E-state index in [1.54, 1.807) is 18.3 Å². The summed E-state index contributed by atoms with van der Waals surface area (Å²) >= 11 is 0. The minimum Gasteiger partial charge on any atom is -0.376 e. The normalized spacial score (nSPS) is 16.9. The van der Waals surface area contributed by atoms with Gasteiger partial charge in [0.05, 0.1) is 17.2 Å². The predicted octanol–water partition coefficient (Wildman–Crippen LogP) is 4.47. The van der Waals surface area contributed by atoms with E-state index in [0.717, 1.165) is 40.6 Å². The number of fused-ring (bicyclic) bond motifs is 2. The molecular formula is C18H15FN2. The van der Waals surface area contributed by atoms with E-state index in [-0.39, 0.29) is 11.9 Å². The van der Waals surface area contributed by atoms with Crippen LogP contribution in [0.4, 0.5) is 10.1 Å². The highest BCUT2D eigenvalue weighted by Crippen LogP contribution is 2.36. The Morgan fingerprint density at radius 3 is 2.86 bits per heavy atom. The highest BCUT2D eigenvalue weighted by atomic mass is 19.1. The van der Waals surface area contributed by atoms with Crippen molar-refractivity contribution in [3.8, 4) is 0 Å². The minimum atomic E-state index is -0.0900. The fraction of sp³-hybridized carbons (Fsp3) is 0.167. The zero-order valence-corrected chi connectivity index (χ0v) is 11.5. The van der Waals surface area contributed by atoms with Gasteiger partial charge in [-0.3, -0.25) is 4.98 Å². The number of benzene rings is 2. The number of para-hydroxylation sites is 1. The van der Waals surface area contributed by atoms with Gasteiger partial charge in [-0.05, 0) is 42.2 Å². The quantitative estimate of drug-likeness (QED) is 0.748. The number of nitrogens with one attached hydrogen (secondary N) is 1. The van der Waals surface area contributed by atoms with E-state index in [1.165, 1.54) is 0 Å². The Bertz CT molecular complexity index is 808. The summed E-state index contributed by atoms with van der Waals surface area (Å²) in [7, 11) is 0. The standard InChI is InChI=1S/C18H15FN2/c19-15-7-2-6-14-13(15)9-10-16(14)21-17-8-1-4-12-5-3-11-20-18(12)17/h1-8,11,16,21H,9-10H2. The second-order valence-electron chi connectivity index (χ2n) is 5.42. The number of hydrogen-bond acceptors (Lipinski definition) is 2. The van der Waals surface area contributed by atoms with Crippen LogP contribution in [0.15, 0.2) is 54.7 Å². The van der Waals surface area contributed by atoms with Crippen LogP contribution in [0.2, 0.25) is 0 Å². The number of hydrogen-bond donors (Lipinski definition) is 1. The summed E-state index contributed by atoms with van der Waals surface area (Å²) in [6, 6.07) is 15.6. The molecule has 1 aliphatic rings. The SMILES string of the molecule is Fc1cccc2c1CCC2Nc1cccc2cccnc12. The Morgan fingerprint density at radius 2 is 1.90 bits per heavy atom. The van der Waals surface area contributed by atoms with Gasteiger partial charge >= 0.3 is 0 Å². The zero-order chi connectivity index (χ0) is 14.2. The highest BCUT2D eigenvalue weighted by Gasteiger charge is 2.25. The summed E-state index contributed by atoms with van der Waals surface area (Å²) in [4.78, 5) is 4.46. The van der Waals surface area contributed by atoms with Crippen LogP contribution in [-0.2, 0) is 6.42 Å². The molecule has 3 heteroatoms. The molecule has 1 aliphatic carbocycles. The van der Waals surface area contributed by atoms with Gasteiger partial charge in [0, 0.05) is 11.6 Å². The summed E-state index contributed by atoms with van der Waals surface area (Å²) in [5.74, 6) is -0.0900. The van der Waals surface area contributed by atoms with Gasteiger partial charge in [-0.15, -0.1) is 0 Å². The van der Waals surface area contributed by atoms with Gasteiger partial charge in [-0.1, -0.05) is 30.3 Å². The maximum atomic E-state index is 13.8. The first kappa shape index (κ1) is 12.3. The first-order valence-electron chi connectivity index (χ1n) is 7.20. The van der Waals surface area contributed by atoms with E-state index in [4.69, 9.17) is 0 Å². The van der Waals surface area contributed by atoms with Crippen molar-refractivity contribution in [1.82, 2.24) is 4.98 Å². The van der Waals surface area contributed by atoms with Gasteiger partial charge < -0.3 is 5.32 Å². The van der Waals surface area contributed by atoms with Crippen molar-refractivity contribution in [2.24, 2.45) is 0 Å². The molecule has 0 amide bonds. The van der Waals surface area contributed by atoms with Crippen molar-refractivity contribution in [3.63, 3.8) is 0 Å². The maximum Gasteiger partial charge on any atom is 0.126 e. The first-order chi connectivity index (χ1) is 10.3. The molecule has 0 aliphatic heterocycles. The Labute approximate surface area is 122 Å². The molecular weight excluding hydrogens is 263 g/mol. The molecule has 3 aromatic rings. The number of pyridine rings is 1. The number of aromatic nitrogens is 1. The Balaban J connectivity index is 1.73. The lowest BCUT2D eigenvalue weighted by atomic mass is 10.1. The fourth-order valence-electron chi connectivity index (χ4n) is 3.17. The molecule has 0 spiro atoms. The molecule has 21 heavy (non-hydrogen) atoms. The zero-order valence-electron chi connectivity index (χ0n) is 11.5. The molecule has 1 atom stereocenters. The fourth-order valence-corrected chi connectivity index (χ4v) is 3.17. The number of anilines is 1. The van der Waals surface area contributed by atoms with Crippen molar-refractivity contribution in [2.75, 3.05) is 5.32 Å². The highest BCUT2D eigenvalue weighted by molar-refractivity contribution is 5.90. The second-order valence-corrected chi connectivity index (χ2v) is 5.42. The smallest absolute Gasteiger partial charge is 0.126 e. The molecule has 1 aromatic heterocycles. The third-order valence-corrected chi connectivity index (χ3v) is 4.18. The van der Waals surface area contributed by atoms with Crippen molar-refractivity contribution in [2.45, 2.75) is 18.9 Å². The van der Waals surface area contributed by atoms with Crippen LogP contribution in [0, 0.1) is 5.82 Å². The van der Waals surface area contributed by atoms with Crippen molar-refractivity contribution < 1.29 is 4.39 Å². The second kappa shape index (κ2) is 4.85. The predicted molar refractivity (Wildman–Crippen MR) is 82.8 cm³/mol. The van der Waals surface area contributed by atoms with E-state index in [2.05, 4.69) is 22.4 Å². The number of halogens is 1. The van der Waals surface area contributed by atoms with Crippen LogP contribution in [0.25, 0.3) is 10.9 Å². The van der Waals surface area contributed by atoms with E-state index >= 15 is 0 Å². The van der Waals surface area contributed by atoms with Gasteiger partial charge in [0.1, 0.15) is 5.82 Å². The molecule has 4 rings (SSSR count). The Morgan fingerprint density at radius 1 is 1.05 bits per heavy atom. The van der Waals surface area contributed by atoms with Crippen LogP contribution < -0.4 is 5.32 Å². The summed E-state index contributed by atoms with van der Waals surface area (Å²) in [6.45, 7) is 0. The van der Waals surface area contributed by atoms with Crippen molar-refractivity contribution in [1.29, 1.82) is 0 Å². The molecule has 0 saturated heterocycles. The molecule has 0 fully saturated rings. The Kier molecular flexibility index (Phi) is 2.85. The van der Waals surface area contributed by atoms with Gasteiger partial charge in [-0.25, -0.2) is 4.39 Å². The third-order valence-electron chi connectivity index (χ3n) is 4.18. The van der Waals surface area contributed by atoms with Gasteiger partial charge in [0.25, 0.3) is 0 Å². The lowest BCUT2D eigenvalue weighted by Crippen LogP contribution is -2.07. The van der Waals surface area contributed by atoms with Gasteiger partial charge in [0.15, 0.2) is 0 Å². The van der Waals surface area contributed by atoms with Crippen molar-refractivity contribution >= 4 is 16.6 Å². The lowest BCUT2D eigenvalue weighted by molar-refractivity contribution is 0.612. The van der Waals surface area contributed by atoms with Crippen LogP contribution >= 0.6 is 0 Å². The average Bonchev–Trinajstić information content (AvgIpc) is 2.92. The molecule has 0 bridgehead atoms. The maximum absolute atomic E-state index is 13.8. The van der Waals surface area contributed by atoms with Gasteiger partial charge in [-0.2, -0.15) is 0 Å². The molecule has 2 nitrogen and oxygen atoms in total. The Hall–Kier alpha value is -2.42. The van der Waals surface area contributed by atoms with Crippen LogP contribution in [0.5, 0.6) is 0 Å². The average molecular weight is 278 g/mol. The van der Waals surface area contributed by atoms with E-state index in [9.17, 15) is 4.39 Å². The van der Waals surface area contributed by atoms with Crippen LogP contribution in [0.3, 0.4) is 0 Å². The van der Waals surface area contributed by atoms with E-state index in [1.807, 2.05) is 24.3 Å². The largest absolute Gasteiger partial charge is 0.376 e. The molecule has 1 N–H and O–H groups in total. The summed E-state index contributed by atoms with van der Waals surface area (Å²) in [5, 5.41) is 4.65.